The van der Waals surface area contributed by atoms with Crippen LogP contribution in [-0.4, -0.2) is 51.4 Å². The van der Waals surface area contributed by atoms with E-state index in [-0.39, 0.29) is 51.4 Å². The van der Waals surface area contributed by atoms with Gasteiger partial charge < -0.3 is 0 Å². The minimum Gasteiger partial charge on any atom is -0.0622 e. The molecule has 0 atom stereocenters. The Bertz CT molecular complexity index is 529. The Balaban J connectivity index is 0.00000147. The first-order chi connectivity index (χ1) is 9.45. The standard InChI is InChI=1S/C18H15P.K.H/c1-4-10-16(11-5-1)19(17-12-6-2-7-13-17)18-14-8-3-9-15-18;;/h1-15H;;. The van der Waals surface area contributed by atoms with Crippen molar-refractivity contribution in [2.45, 2.75) is 0 Å². The molecular formula is C18H16KP. The Morgan fingerprint density at radius 1 is 0.400 bits per heavy atom. The number of benzene rings is 3. The van der Waals surface area contributed by atoms with Crippen LogP contribution in [0, 0.1) is 0 Å². The third-order valence-electron chi connectivity index (χ3n) is 3.04. The predicted octanol–water partition coefficient (Wildman–Crippen LogP) is 2.80. The average Bonchev–Trinajstić information content (AvgIpc) is 2.51. The van der Waals surface area contributed by atoms with E-state index >= 15 is 0 Å². The molecular weight excluding hydrogens is 286 g/mol. The first-order valence-corrected chi connectivity index (χ1v) is 7.74. The molecule has 20 heavy (non-hydrogen) atoms. The molecule has 0 fully saturated rings. The van der Waals surface area contributed by atoms with Crippen molar-refractivity contribution in [2.24, 2.45) is 0 Å². The topological polar surface area (TPSA) is 0 Å². The average molecular weight is 302 g/mol. The number of rotatable bonds is 3. The molecule has 0 heterocycles. The van der Waals surface area contributed by atoms with Crippen molar-refractivity contribution in [1.29, 1.82) is 0 Å². The Kier molecular flexibility index (Phi) is 6.63. The van der Waals surface area contributed by atoms with Gasteiger partial charge in [-0.1, -0.05) is 91.0 Å². The van der Waals surface area contributed by atoms with Gasteiger partial charge >= 0.3 is 51.4 Å². The summed E-state index contributed by atoms with van der Waals surface area (Å²) in [6, 6.07) is 32.3. The maximum Gasteiger partial charge on any atom is -0.0134 e. The third kappa shape index (κ3) is 3.89. The van der Waals surface area contributed by atoms with Crippen LogP contribution in [0.2, 0.25) is 0 Å². The molecule has 0 radical (unpaired) electrons. The molecule has 0 nitrogen and oxygen atoms in total. The van der Waals surface area contributed by atoms with E-state index in [1.165, 1.54) is 15.9 Å². The fraction of sp³-hybridized carbons (Fsp3) is 0. The van der Waals surface area contributed by atoms with Crippen LogP contribution in [0.15, 0.2) is 91.0 Å². The molecule has 0 saturated carbocycles. The summed E-state index contributed by atoms with van der Waals surface area (Å²) in [4.78, 5) is 0. The SMILES string of the molecule is [KH].c1ccc(P(c2ccccc2)c2ccccc2)cc1. The van der Waals surface area contributed by atoms with Crippen LogP contribution in [-0.2, 0) is 0 Å². The van der Waals surface area contributed by atoms with Crippen molar-refractivity contribution in [3.63, 3.8) is 0 Å². The quantitative estimate of drug-likeness (QED) is 0.515. The van der Waals surface area contributed by atoms with Gasteiger partial charge in [0.25, 0.3) is 0 Å². The minimum atomic E-state index is -0.446. The van der Waals surface area contributed by atoms with Crippen LogP contribution in [0.5, 0.6) is 0 Å². The summed E-state index contributed by atoms with van der Waals surface area (Å²) in [5.74, 6) is 0. The summed E-state index contributed by atoms with van der Waals surface area (Å²) in [5, 5.41) is 4.19. The van der Waals surface area contributed by atoms with Crippen molar-refractivity contribution in [3.8, 4) is 0 Å². The van der Waals surface area contributed by atoms with E-state index in [1.807, 2.05) is 0 Å². The molecule has 3 aromatic rings. The van der Waals surface area contributed by atoms with Gasteiger partial charge in [-0.05, 0) is 23.8 Å². The van der Waals surface area contributed by atoms with Gasteiger partial charge in [-0.25, -0.2) is 0 Å². The molecule has 0 aliphatic heterocycles. The van der Waals surface area contributed by atoms with Gasteiger partial charge in [-0.15, -0.1) is 0 Å². The van der Waals surface area contributed by atoms with E-state index in [4.69, 9.17) is 0 Å². The van der Waals surface area contributed by atoms with Crippen molar-refractivity contribution in [1.82, 2.24) is 0 Å². The van der Waals surface area contributed by atoms with Crippen molar-refractivity contribution >= 4 is 75.2 Å². The van der Waals surface area contributed by atoms with Gasteiger partial charge in [0.05, 0.1) is 0 Å². The van der Waals surface area contributed by atoms with E-state index < -0.39 is 7.92 Å². The van der Waals surface area contributed by atoms with Gasteiger partial charge in [-0.2, -0.15) is 0 Å². The maximum absolute atomic E-state index is 2.23. The van der Waals surface area contributed by atoms with Gasteiger partial charge in [-0.3, -0.25) is 0 Å². The summed E-state index contributed by atoms with van der Waals surface area (Å²) in [5.41, 5.74) is 0. The van der Waals surface area contributed by atoms with E-state index in [1.54, 1.807) is 0 Å². The van der Waals surface area contributed by atoms with E-state index in [9.17, 15) is 0 Å². The number of hydrogen-bond acceptors (Lipinski definition) is 0. The van der Waals surface area contributed by atoms with Gasteiger partial charge in [0.15, 0.2) is 0 Å². The largest absolute Gasteiger partial charge is 0.0622 e. The van der Waals surface area contributed by atoms with Crippen LogP contribution < -0.4 is 15.9 Å². The Labute approximate surface area is 164 Å². The third-order valence-corrected chi connectivity index (χ3v) is 5.49. The fourth-order valence-corrected chi connectivity index (χ4v) is 4.48. The van der Waals surface area contributed by atoms with E-state index in [2.05, 4.69) is 91.0 Å². The predicted molar refractivity (Wildman–Crippen MR) is 92.3 cm³/mol. The Morgan fingerprint density at radius 3 is 0.900 bits per heavy atom. The van der Waals surface area contributed by atoms with Crippen LogP contribution in [0.4, 0.5) is 0 Å². The first-order valence-electron chi connectivity index (χ1n) is 6.40. The molecule has 2 heteroatoms. The molecule has 0 aliphatic rings. The normalized spacial score (nSPS) is 10.1. The second-order valence-electron chi connectivity index (χ2n) is 4.34. The van der Waals surface area contributed by atoms with Gasteiger partial charge in [0.1, 0.15) is 0 Å². The smallest absolute Gasteiger partial charge is 0.0134 e. The van der Waals surface area contributed by atoms with Gasteiger partial charge in [0, 0.05) is 0 Å². The summed E-state index contributed by atoms with van der Waals surface area (Å²) in [7, 11) is -0.446. The summed E-state index contributed by atoms with van der Waals surface area (Å²) < 4.78 is 0. The first kappa shape index (κ1) is 16.1. The zero-order valence-corrected chi connectivity index (χ0v) is 11.5. The molecule has 0 aliphatic carbocycles. The molecule has 0 unspecified atom stereocenters. The molecule has 0 spiro atoms. The van der Waals surface area contributed by atoms with Crippen molar-refractivity contribution in [3.05, 3.63) is 91.0 Å². The zero-order chi connectivity index (χ0) is 12.9. The van der Waals surface area contributed by atoms with Crippen molar-refractivity contribution in [2.75, 3.05) is 0 Å². The van der Waals surface area contributed by atoms with Crippen LogP contribution in [0.3, 0.4) is 0 Å². The Hall–Kier alpha value is -0.274. The molecule has 3 rings (SSSR count). The van der Waals surface area contributed by atoms with Crippen LogP contribution in [0.25, 0.3) is 0 Å². The molecule has 0 N–H and O–H groups in total. The fourth-order valence-electron chi connectivity index (χ4n) is 2.18. The molecule has 0 saturated heterocycles. The maximum atomic E-state index is 2.23. The summed E-state index contributed by atoms with van der Waals surface area (Å²) in [6.45, 7) is 0. The van der Waals surface area contributed by atoms with Crippen LogP contribution in [0.1, 0.15) is 0 Å². The second-order valence-corrected chi connectivity index (χ2v) is 6.56. The second kappa shape index (κ2) is 8.24. The van der Waals surface area contributed by atoms with Crippen LogP contribution >= 0.6 is 7.92 Å². The summed E-state index contributed by atoms with van der Waals surface area (Å²) >= 11 is 0. The molecule has 0 bridgehead atoms. The summed E-state index contributed by atoms with van der Waals surface area (Å²) in [6.07, 6.45) is 0. The van der Waals surface area contributed by atoms with Crippen molar-refractivity contribution < 1.29 is 0 Å². The molecule has 0 aromatic heterocycles. The molecule has 3 aromatic carbocycles. The minimum absolute atomic E-state index is 0. The van der Waals surface area contributed by atoms with Gasteiger partial charge in [0.2, 0.25) is 0 Å². The monoisotopic (exact) mass is 302 g/mol. The molecule has 0 amide bonds. The zero-order valence-electron chi connectivity index (χ0n) is 10.6. The van der Waals surface area contributed by atoms with E-state index in [0.29, 0.717) is 0 Å². The number of hydrogen-bond donors (Lipinski definition) is 0. The Morgan fingerprint density at radius 2 is 0.650 bits per heavy atom. The molecule has 94 valence electrons. The van der Waals surface area contributed by atoms with E-state index in [0.717, 1.165) is 0 Å².